The highest BCUT2D eigenvalue weighted by atomic mass is 16.2. The summed E-state index contributed by atoms with van der Waals surface area (Å²) in [5, 5.41) is 0. The van der Waals surface area contributed by atoms with Gasteiger partial charge < -0.3 is 4.90 Å². The Morgan fingerprint density at radius 1 is 1.26 bits per heavy atom. The van der Waals surface area contributed by atoms with Crippen LogP contribution in [-0.2, 0) is 0 Å². The number of carbonyl (C=O) groups excluding carboxylic acids is 1. The van der Waals surface area contributed by atoms with E-state index in [0.29, 0.717) is 0 Å². The molecule has 0 spiro atoms. The summed E-state index contributed by atoms with van der Waals surface area (Å²) in [5.74, 6) is 0.152. The first-order valence-corrected chi connectivity index (χ1v) is 7.20. The summed E-state index contributed by atoms with van der Waals surface area (Å²) in [5.41, 5.74) is 1.67. The number of piperazine rings is 1. The number of nitrogens with zero attached hydrogens (tertiary/aromatic N) is 3. The molecule has 19 heavy (non-hydrogen) atoms. The van der Waals surface area contributed by atoms with Crippen molar-refractivity contribution in [3.8, 4) is 0 Å². The minimum absolute atomic E-state index is 0.152. The summed E-state index contributed by atoms with van der Waals surface area (Å²) in [7, 11) is 0. The molecule has 4 heteroatoms. The molecule has 0 unspecified atom stereocenters. The van der Waals surface area contributed by atoms with Gasteiger partial charge in [0, 0.05) is 49.7 Å². The average molecular weight is 259 g/mol. The largest absolute Gasteiger partial charge is 0.336 e. The Morgan fingerprint density at radius 3 is 2.58 bits per heavy atom. The van der Waals surface area contributed by atoms with E-state index in [0.717, 1.165) is 43.5 Å². The van der Waals surface area contributed by atoms with Gasteiger partial charge in [-0.25, -0.2) is 0 Å². The molecule has 1 saturated carbocycles. The Balaban J connectivity index is 1.60. The number of hydrogen-bond donors (Lipinski definition) is 0. The van der Waals surface area contributed by atoms with Crippen molar-refractivity contribution in [1.82, 2.24) is 14.8 Å². The molecule has 1 aliphatic carbocycles. The quantitative estimate of drug-likeness (QED) is 0.811. The second-order valence-corrected chi connectivity index (χ2v) is 5.60. The molecule has 3 rings (SSSR count). The number of aromatic nitrogens is 1. The van der Waals surface area contributed by atoms with E-state index < -0.39 is 0 Å². The van der Waals surface area contributed by atoms with Crippen LogP contribution in [0.5, 0.6) is 0 Å². The van der Waals surface area contributed by atoms with E-state index in [1.807, 2.05) is 24.0 Å². The lowest BCUT2D eigenvalue weighted by molar-refractivity contribution is 0.0455. The minimum atomic E-state index is 0.152. The fourth-order valence-electron chi connectivity index (χ4n) is 2.90. The van der Waals surface area contributed by atoms with Crippen LogP contribution in [0.1, 0.15) is 35.3 Å². The third-order valence-corrected chi connectivity index (χ3v) is 4.34. The van der Waals surface area contributed by atoms with Gasteiger partial charge in [0.1, 0.15) is 0 Å². The summed E-state index contributed by atoms with van der Waals surface area (Å²) in [4.78, 5) is 21.1. The average Bonchev–Trinajstić information content (AvgIpc) is 2.37. The lowest BCUT2D eigenvalue weighted by atomic mass is 9.91. The number of pyridine rings is 1. The molecule has 0 atom stereocenters. The molecular formula is C15H21N3O. The van der Waals surface area contributed by atoms with E-state index in [9.17, 15) is 4.79 Å². The van der Waals surface area contributed by atoms with Gasteiger partial charge in [-0.15, -0.1) is 0 Å². The predicted molar refractivity (Wildman–Crippen MR) is 74.1 cm³/mol. The zero-order valence-electron chi connectivity index (χ0n) is 11.5. The van der Waals surface area contributed by atoms with Crippen LogP contribution in [0, 0.1) is 6.92 Å². The SMILES string of the molecule is Cc1cc(C(=O)N2CCN(C3CCC3)CC2)ccn1. The van der Waals surface area contributed by atoms with Gasteiger partial charge in [0.05, 0.1) is 0 Å². The fraction of sp³-hybridized carbons (Fsp3) is 0.600. The van der Waals surface area contributed by atoms with Gasteiger partial charge in [-0.2, -0.15) is 0 Å². The second kappa shape index (κ2) is 5.29. The molecule has 2 aliphatic rings. The van der Waals surface area contributed by atoms with Crippen molar-refractivity contribution in [1.29, 1.82) is 0 Å². The Labute approximate surface area is 114 Å². The highest BCUT2D eigenvalue weighted by molar-refractivity contribution is 5.94. The topological polar surface area (TPSA) is 36.4 Å². The molecule has 2 heterocycles. The molecule has 1 aliphatic heterocycles. The van der Waals surface area contributed by atoms with Crippen LogP contribution in [0.2, 0.25) is 0 Å². The van der Waals surface area contributed by atoms with Crippen LogP contribution in [0.15, 0.2) is 18.3 Å². The lowest BCUT2D eigenvalue weighted by Gasteiger charge is -2.42. The van der Waals surface area contributed by atoms with Crippen molar-refractivity contribution in [2.75, 3.05) is 26.2 Å². The summed E-state index contributed by atoms with van der Waals surface area (Å²) in [6.07, 6.45) is 5.78. The number of carbonyl (C=O) groups is 1. The molecule has 0 bridgehead atoms. The van der Waals surface area contributed by atoms with E-state index in [4.69, 9.17) is 0 Å². The highest BCUT2D eigenvalue weighted by Crippen LogP contribution is 2.25. The number of rotatable bonds is 2. The van der Waals surface area contributed by atoms with Gasteiger partial charge in [-0.05, 0) is 31.9 Å². The number of aryl methyl sites for hydroxylation is 1. The monoisotopic (exact) mass is 259 g/mol. The predicted octanol–water partition coefficient (Wildman–Crippen LogP) is 1.70. The van der Waals surface area contributed by atoms with E-state index in [2.05, 4.69) is 9.88 Å². The maximum Gasteiger partial charge on any atom is 0.254 e. The van der Waals surface area contributed by atoms with Crippen LogP contribution in [-0.4, -0.2) is 52.9 Å². The van der Waals surface area contributed by atoms with Crippen LogP contribution in [0.4, 0.5) is 0 Å². The van der Waals surface area contributed by atoms with Crippen molar-refractivity contribution >= 4 is 5.91 Å². The van der Waals surface area contributed by atoms with Gasteiger partial charge in [0.2, 0.25) is 0 Å². The zero-order valence-corrected chi connectivity index (χ0v) is 11.5. The van der Waals surface area contributed by atoms with Gasteiger partial charge in [0.15, 0.2) is 0 Å². The third kappa shape index (κ3) is 2.63. The van der Waals surface area contributed by atoms with Crippen molar-refractivity contribution in [3.63, 3.8) is 0 Å². The molecule has 1 aromatic heterocycles. The molecule has 2 fully saturated rings. The molecule has 0 radical (unpaired) electrons. The summed E-state index contributed by atoms with van der Waals surface area (Å²) >= 11 is 0. The highest BCUT2D eigenvalue weighted by Gasteiger charge is 2.29. The summed E-state index contributed by atoms with van der Waals surface area (Å²) < 4.78 is 0. The molecule has 1 saturated heterocycles. The smallest absolute Gasteiger partial charge is 0.254 e. The standard InChI is InChI=1S/C15H21N3O/c1-12-11-13(5-6-16-12)15(19)18-9-7-17(8-10-18)14-3-2-4-14/h5-6,11,14H,2-4,7-10H2,1H3. The second-order valence-electron chi connectivity index (χ2n) is 5.60. The molecular weight excluding hydrogens is 238 g/mol. The van der Waals surface area contributed by atoms with E-state index in [-0.39, 0.29) is 5.91 Å². The van der Waals surface area contributed by atoms with Crippen molar-refractivity contribution in [2.24, 2.45) is 0 Å². The molecule has 1 aromatic rings. The van der Waals surface area contributed by atoms with Crippen molar-refractivity contribution < 1.29 is 4.79 Å². The first-order valence-electron chi connectivity index (χ1n) is 7.20. The first kappa shape index (κ1) is 12.6. The Bertz CT molecular complexity index is 462. The van der Waals surface area contributed by atoms with Crippen molar-refractivity contribution in [3.05, 3.63) is 29.6 Å². The first-order chi connectivity index (χ1) is 9.24. The third-order valence-electron chi connectivity index (χ3n) is 4.34. The Hall–Kier alpha value is -1.42. The molecule has 4 nitrogen and oxygen atoms in total. The molecule has 0 aromatic carbocycles. The van der Waals surface area contributed by atoms with E-state index >= 15 is 0 Å². The fourth-order valence-corrected chi connectivity index (χ4v) is 2.90. The van der Waals surface area contributed by atoms with Gasteiger partial charge in [-0.1, -0.05) is 6.42 Å². The van der Waals surface area contributed by atoms with Crippen LogP contribution < -0.4 is 0 Å². The zero-order chi connectivity index (χ0) is 13.2. The lowest BCUT2D eigenvalue weighted by Crippen LogP contribution is -2.53. The number of amides is 1. The van der Waals surface area contributed by atoms with Crippen molar-refractivity contribution in [2.45, 2.75) is 32.2 Å². The number of hydrogen-bond acceptors (Lipinski definition) is 3. The van der Waals surface area contributed by atoms with Crippen LogP contribution >= 0.6 is 0 Å². The van der Waals surface area contributed by atoms with Gasteiger partial charge in [0.25, 0.3) is 5.91 Å². The Morgan fingerprint density at radius 2 is 2.00 bits per heavy atom. The van der Waals surface area contributed by atoms with Gasteiger partial charge >= 0.3 is 0 Å². The summed E-state index contributed by atoms with van der Waals surface area (Å²) in [6, 6.07) is 4.48. The van der Waals surface area contributed by atoms with Gasteiger partial charge in [-0.3, -0.25) is 14.7 Å². The normalized spacial score (nSPS) is 21.2. The van der Waals surface area contributed by atoms with Crippen LogP contribution in [0.25, 0.3) is 0 Å². The van der Waals surface area contributed by atoms with E-state index in [1.54, 1.807) is 6.20 Å². The van der Waals surface area contributed by atoms with E-state index in [1.165, 1.54) is 19.3 Å². The minimum Gasteiger partial charge on any atom is -0.336 e. The Kier molecular flexibility index (Phi) is 3.51. The maximum absolute atomic E-state index is 12.4. The summed E-state index contributed by atoms with van der Waals surface area (Å²) in [6.45, 7) is 5.69. The molecule has 102 valence electrons. The maximum atomic E-state index is 12.4. The molecule has 0 N–H and O–H groups in total. The van der Waals surface area contributed by atoms with Crippen LogP contribution in [0.3, 0.4) is 0 Å². The molecule has 1 amide bonds.